The number of ether oxygens (including phenoxy) is 1. The lowest BCUT2D eigenvalue weighted by Gasteiger charge is -2.34. The molecule has 0 unspecified atom stereocenters. The third kappa shape index (κ3) is 2.68. The predicted octanol–water partition coefficient (Wildman–Crippen LogP) is 3.94. The van der Waals surface area contributed by atoms with E-state index in [4.69, 9.17) is 16.3 Å². The number of pyridine rings is 1. The lowest BCUT2D eigenvalue weighted by atomic mass is 9.77. The highest BCUT2D eigenvalue weighted by Gasteiger charge is 2.59. The molecule has 0 saturated carbocycles. The molecule has 1 spiro atoms. The van der Waals surface area contributed by atoms with E-state index in [1.807, 2.05) is 0 Å². The van der Waals surface area contributed by atoms with Crippen molar-refractivity contribution >= 4 is 17.5 Å². The summed E-state index contributed by atoms with van der Waals surface area (Å²) in [5.74, 6) is -1.23. The minimum atomic E-state index is -2.19. The summed E-state index contributed by atoms with van der Waals surface area (Å²) in [7, 11) is 0. The van der Waals surface area contributed by atoms with Crippen molar-refractivity contribution < 1.29 is 18.3 Å². The first-order valence-electron chi connectivity index (χ1n) is 8.40. The number of hydrogen-bond acceptors (Lipinski definition) is 3. The molecule has 1 N–H and O–H groups in total. The molecule has 1 aromatic heterocycles. The number of fused-ring (bicyclic) bond motifs is 2. The van der Waals surface area contributed by atoms with E-state index in [2.05, 4.69) is 10.3 Å². The van der Waals surface area contributed by atoms with Crippen LogP contribution in [-0.4, -0.2) is 17.5 Å². The zero-order valence-corrected chi connectivity index (χ0v) is 14.8. The molecule has 1 saturated heterocycles. The molecule has 1 aliphatic carbocycles. The smallest absolute Gasteiger partial charge is 0.262 e. The van der Waals surface area contributed by atoms with E-state index in [-0.39, 0.29) is 17.0 Å². The van der Waals surface area contributed by atoms with Gasteiger partial charge in [-0.3, -0.25) is 9.78 Å². The molecule has 2 aliphatic rings. The first-order chi connectivity index (χ1) is 12.4. The van der Waals surface area contributed by atoms with Crippen molar-refractivity contribution in [3.63, 3.8) is 0 Å². The van der Waals surface area contributed by atoms with E-state index in [1.165, 1.54) is 18.2 Å². The monoisotopic (exact) mass is 378 g/mol. The third-order valence-electron chi connectivity index (χ3n) is 5.17. The van der Waals surface area contributed by atoms with Gasteiger partial charge >= 0.3 is 0 Å². The second-order valence-corrected chi connectivity index (χ2v) is 7.25. The van der Waals surface area contributed by atoms with Crippen molar-refractivity contribution in [3.05, 3.63) is 64.2 Å². The molecule has 1 fully saturated rings. The zero-order valence-electron chi connectivity index (χ0n) is 14.1. The average Bonchev–Trinajstić information content (AvgIpc) is 3.39. The van der Waals surface area contributed by atoms with Crippen LogP contribution in [0.5, 0.6) is 0 Å². The van der Waals surface area contributed by atoms with Gasteiger partial charge in [-0.1, -0.05) is 23.7 Å². The molecule has 2 aromatic rings. The van der Waals surface area contributed by atoms with Gasteiger partial charge in [0.05, 0.1) is 18.3 Å². The van der Waals surface area contributed by atoms with Crippen LogP contribution >= 0.6 is 11.6 Å². The largest absolute Gasteiger partial charge is 0.363 e. The Hall–Kier alpha value is -2.05. The number of nitrogens with zero attached hydrogens (tertiary/aromatic N) is 1. The summed E-state index contributed by atoms with van der Waals surface area (Å²) in [5.41, 5.74) is -1.47. The van der Waals surface area contributed by atoms with Gasteiger partial charge < -0.3 is 10.1 Å². The summed E-state index contributed by atoms with van der Waals surface area (Å²) in [6.07, 6.45) is 1.99. The Balaban J connectivity index is 1.62. The summed E-state index contributed by atoms with van der Waals surface area (Å²) >= 11 is 6.04. The standard InChI is InChI=1S/C19H17ClF2N2O2/c1-11(13-5-4-12(21)9-15(13)20)24-17(25)19(22)7-6-18(10-26-18)16-14(19)3-2-8-23-16/h2-5,8-9,11H,6-7,10H2,1H3,(H,24,25)/t11-,18-,19+/m1/s1. The Bertz CT molecular complexity index is 888. The van der Waals surface area contributed by atoms with Crippen LogP contribution in [0.3, 0.4) is 0 Å². The lowest BCUT2D eigenvalue weighted by molar-refractivity contribution is -0.135. The predicted molar refractivity (Wildman–Crippen MR) is 91.9 cm³/mol. The van der Waals surface area contributed by atoms with E-state index >= 15 is 4.39 Å². The highest BCUT2D eigenvalue weighted by molar-refractivity contribution is 6.31. The number of aromatic nitrogens is 1. The highest BCUT2D eigenvalue weighted by Crippen LogP contribution is 2.53. The fourth-order valence-electron chi connectivity index (χ4n) is 3.56. The number of halogens is 3. The molecular formula is C19H17ClF2N2O2. The van der Waals surface area contributed by atoms with Crippen LogP contribution in [-0.2, 0) is 20.8 Å². The Morgan fingerprint density at radius 2 is 2.15 bits per heavy atom. The van der Waals surface area contributed by atoms with Crippen LogP contribution in [0.2, 0.25) is 5.02 Å². The van der Waals surface area contributed by atoms with E-state index in [9.17, 15) is 9.18 Å². The summed E-state index contributed by atoms with van der Waals surface area (Å²) < 4.78 is 34.5. The summed E-state index contributed by atoms with van der Waals surface area (Å²) in [5, 5.41) is 2.85. The lowest BCUT2D eigenvalue weighted by Crippen LogP contribution is -2.46. The van der Waals surface area contributed by atoms with Crippen LogP contribution in [0.25, 0.3) is 0 Å². The van der Waals surface area contributed by atoms with E-state index in [1.54, 1.807) is 25.3 Å². The Morgan fingerprint density at radius 3 is 2.85 bits per heavy atom. The van der Waals surface area contributed by atoms with Crippen LogP contribution in [0.1, 0.15) is 42.6 Å². The van der Waals surface area contributed by atoms with Gasteiger partial charge in [0.1, 0.15) is 11.4 Å². The normalized spacial score (nSPS) is 27.7. The molecule has 0 radical (unpaired) electrons. The van der Waals surface area contributed by atoms with E-state index in [0.29, 0.717) is 24.3 Å². The number of nitrogens with one attached hydrogen (secondary N) is 1. The molecule has 1 aliphatic heterocycles. The second-order valence-electron chi connectivity index (χ2n) is 6.84. The van der Waals surface area contributed by atoms with Crippen LogP contribution in [0.15, 0.2) is 36.5 Å². The van der Waals surface area contributed by atoms with Crippen molar-refractivity contribution in [2.75, 3.05) is 6.61 Å². The Kier molecular flexibility index (Phi) is 4.00. The molecule has 136 valence electrons. The molecule has 1 aromatic carbocycles. The SMILES string of the molecule is C[C@@H](NC(=O)[C@]1(F)CC[C@@]2(CO2)c2ncccc21)c1ccc(F)cc1Cl. The number of alkyl halides is 1. The summed E-state index contributed by atoms with van der Waals surface area (Å²) in [4.78, 5) is 17.1. The summed E-state index contributed by atoms with van der Waals surface area (Å²) in [6.45, 7) is 2.18. The maximum absolute atomic E-state index is 15.8. The van der Waals surface area contributed by atoms with Crippen molar-refractivity contribution in [1.82, 2.24) is 10.3 Å². The van der Waals surface area contributed by atoms with Crippen LogP contribution in [0.4, 0.5) is 8.78 Å². The second kappa shape index (κ2) is 5.99. The number of carbonyl (C=O) groups is 1. The van der Waals surface area contributed by atoms with E-state index in [0.717, 1.165) is 0 Å². The molecular weight excluding hydrogens is 362 g/mol. The number of rotatable bonds is 3. The minimum Gasteiger partial charge on any atom is -0.363 e. The topological polar surface area (TPSA) is 54.5 Å². The Labute approximate surface area is 154 Å². The Morgan fingerprint density at radius 1 is 1.38 bits per heavy atom. The quantitative estimate of drug-likeness (QED) is 0.823. The molecule has 4 nitrogen and oxygen atoms in total. The van der Waals surface area contributed by atoms with Crippen molar-refractivity contribution in [2.24, 2.45) is 0 Å². The number of amides is 1. The fraction of sp³-hybridized carbons (Fsp3) is 0.368. The molecule has 26 heavy (non-hydrogen) atoms. The number of hydrogen-bond donors (Lipinski definition) is 1. The molecule has 2 heterocycles. The van der Waals surface area contributed by atoms with E-state index < -0.39 is 29.0 Å². The van der Waals surface area contributed by atoms with Crippen molar-refractivity contribution in [1.29, 1.82) is 0 Å². The van der Waals surface area contributed by atoms with Crippen LogP contribution in [0, 0.1) is 5.82 Å². The fourth-order valence-corrected chi connectivity index (χ4v) is 3.89. The maximum Gasteiger partial charge on any atom is 0.262 e. The van der Waals surface area contributed by atoms with Gasteiger partial charge in [-0.25, -0.2) is 8.78 Å². The third-order valence-corrected chi connectivity index (χ3v) is 5.50. The first kappa shape index (κ1) is 17.4. The van der Waals surface area contributed by atoms with Gasteiger partial charge in [-0.15, -0.1) is 0 Å². The molecule has 3 atom stereocenters. The van der Waals surface area contributed by atoms with Crippen molar-refractivity contribution in [3.8, 4) is 0 Å². The van der Waals surface area contributed by atoms with Crippen LogP contribution < -0.4 is 5.32 Å². The maximum atomic E-state index is 15.8. The average molecular weight is 379 g/mol. The summed E-state index contributed by atoms with van der Waals surface area (Å²) in [6, 6.07) is 6.53. The highest BCUT2D eigenvalue weighted by atomic mass is 35.5. The molecule has 4 rings (SSSR count). The first-order valence-corrected chi connectivity index (χ1v) is 8.78. The van der Waals surface area contributed by atoms with Gasteiger partial charge in [0.15, 0.2) is 0 Å². The van der Waals surface area contributed by atoms with Crippen molar-refractivity contribution in [2.45, 2.75) is 37.1 Å². The molecule has 1 amide bonds. The zero-order chi connectivity index (χ0) is 18.5. The molecule has 7 heteroatoms. The molecule has 0 bridgehead atoms. The van der Waals surface area contributed by atoms with Gasteiger partial charge in [0.2, 0.25) is 5.67 Å². The van der Waals surface area contributed by atoms with Gasteiger partial charge in [-0.05, 0) is 43.5 Å². The minimum absolute atomic E-state index is 0.0153. The number of benzene rings is 1. The van der Waals surface area contributed by atoms with Gasteiger partial charge in [0.25, 0.3) is 5.91 Å². The van der Waals surface area contributed by atoms with Gasteiger partial charge in [-0.2, -0.15) is 0 Å². The number of epoxide rings is 1. The number of carbonyl (C=O) groups excluding carboxylic acids is 1. The van der Waals surface area contributed by atoms with Gasteiger partial charge in [0, 0.05) is 16.8 Å².